The van der Waals surface area contributed by atoms with E-state index in [1.165, 1.54) is 18.5 Å². The second-order valence-corrected chi connectivity index (χ2v) is 8.90. The molecule has 3 heterocycles. The predicted molar refractivity (Wildman–Crippen MR) is 102 cm³/mol. The Labute approximate surface area is 168 Å². The maximum Gasteiger partial charge on any atom is 0.417 e. The van der Waals surface area contributed by atoms with Gasteiger partial charge in [-0.3, -0.25) is 9.00 Å². The van der Waals surface area contributed by atoms with Crippen molar-refractivity contribution in [2.24, 2.45) is 5.41 Å². The van der Waals surface area contributed by atoms with Crippen LogP contribution in [0, 0.1) is 5.41 Å². The molecule has 2 fully saturated rings. The van der Waals surface area contributed by atoms with E-state index in [0.717, 1.165) is 25.1 Å². The Bertz CT molecular complexity index is 961. The predicted octanol–water partition coefficient (Wildman–Crippen LogP) is 3.23. The summed E-state index contributed by atoms with van der Waals surface area (Å²) in [5, 5.41) is 3.17. The fourth-order valence-electron chi connectivity index (χ4n) is 3.66. The first-order valence-electron chi connectivity index (χ1n) is 9.07. The number of pyridine rings is 2. The van der Waals surface area contributed by atoms with Crippen LogP contribution in [0.15, 0.2) is 41.7 Å². The third kappa shape index (κ3) is 4.12. The maximum atomic E-state index is 13.0. The highest BCUT2D eigenvalue weighted by Crippen LogP contribution is 2.55. The molecule has 1 aliphatic heterocycles. The summed E-state index contributed by atoms with van der Waals surface area (Å²) in [7, 11) is -1.28. The molecule has 1 amide bonds. The number of nitrogens with one attached hydrogen (secondary N) is 1. The van der Waals surface area contributed by atoms with Gasteiger partial charge in [-0.15, -0.1) is 0 Å². The average molecular weight is 424 g/mol. The van der Waals surface area contributed by atoms with E-state index in [1.807, 2.05) is 0 Å². The van der Waals surface area contributed by atoms with Gasteiger partial charge in [0.25, 0.3) is 0 Å². The van der Waals surface area contributed by atoms with Crippen molar-refractivity contribution in [3.63, 3.8) is 0 Å². The Hall–Kier alpha value is -2.49. The van der Waals surface area contributed by atoms with Crippen molar-refractivity contribution in [3.8, 4) is 0 Å². The molecule has 0 aromatic carbocycles. The van der Waals surface area contributed by atoms with Gasteiger partial charge >= 0.3 is 6.18 Å². The zero-order valence-electron chi connectivity index (χ0n) is 15.6. The van der Waals surface area contributed by atoms with Crippen LogP contribution in [0.4, 0.5) is 24.7 Å². The lowest BCUT2D eigenvalue weighted by Gasteiger charge is -2.25. The first-order valence-corrected chi connectivity index (χ1v) is 10.6. The lowest BCUT2D eigenvalue weighted by Crippen LogP contribution is -2.40. The fourth-order valence-corrected chi connectivity index (χ4v) is 4.17. The van der Waals surface area contributed by atoms with Gasteiger partial charge in [-0.2, -0.15) is 13.2 Å². The minimum Gasteiger partial charge on any atom is -0.344 e. The molecule has 2 atom stereocenters. The number of carbonyl (C=O) groups is 1. The highest BCUT2D eigenvalue weighted by atomic mass is 32.2. The monoisotopic (exact) mass is 424 g/mol. The third-order valence-corrected chi connectivity index (χ3v) is 6.25. The van der Waals surface area contributed by atoms with Crippen LogP contribution in [0.25, 0.3) is 0 Å². The number of anilines is 2. The van der Waals surface area contributed by atoms with E-state index in [9.17, 15) is 22.2 Å². The Balaban J connectivity index is 1.55. The van der Waals surface area contributed by atoms with Crippen LogP contribution in [-0.4, -0.2) is 38.9 Å². The van der Waals surface area contributed by atoms with Crippen molar-refractivity contribution < 1.29 is 22.2 Å². The Morgan fingerprint density at radius 1 is 1.28 bits per heavy atom. The highest BCUT2D eigenvalue weighted by molar-refractivity contribution is 7.84. The van der Waals surface area contributed by atoms with Crippen molar-refractivity contribution in [2.75, 3.05) is 23.0 Å². The smallest absolute Gasteiger partial charge is 0.344 e. The van der Waals surface area contributed by atoms with Crippen LogP contribution in [0.5, 0.6) is 0 Å². The van der Waals surface area contributed by atoms with Gasteiger partial charge in [0.15, 0.2) is 0 Å². The molecule has 2 aromatic rings. The van der Waals surface area contributed by atoms with Crippen LogP contribution in [-0.2, 0) is 21.8 Å². The SMILES string of the molecule is CS(=O)c1cc(NC(=O)C2CC3(CC3)CN2c2ccc(C(F)(F)F)cn2)ccn1. The summed E-state index contributed by atoms with van der Waals surface area (Å²) in [5.41, 5.74) is -0.313. The molecule has 1 spiro atoms. The molecule has 10 heteroatoms. The molecule has 154 valence electrons. The van der Waals surface area contributed by atoms with E-state index in [0.29, 0.717) is 29.5 Å². The molecular weight excluding hydrogens is 405 g/mol. The molecule has 4 rings (SSSR count). The molecule has 2 unspecified atom stereocenters. The number of nitrogens with zero attached hydrogens (tertiary/aromatic N) is 3. The van der Waals surface area contributed by atoms with Gasteiger partial charge < -0.3 is 10.2 Å². The van der Waals surface area contributed by atoms with E-state index in [4.69, 9.17) is 0 Å². The lowest BCUT2D eigenvalue weighted by atomic mass is 10.0. The second kappa shape index (κ2) is 7.08. The van der Waals surface area contributed by atoms with E-state index in [1.54, 1.807) is 17.0 Å². The molecule has 0 radical (unpaired) electrons. The van der Waals surface area contributed by atoms with E-state index >= 15 is 0 Å². The number of hydrogen-bond donors (Lipinski definition) is 1. The van der Waals surface area contributed by atoms with E-state index < -0.39 is 28.6 Å². The quantitative estimate of drug-likeness (QED) is 0.816. The third-order valence-electron chi connectivity index (χ3n) is 5.43. The summed E-state index contributed by atoms with van der Waals surface area (Å²) in [6.07, 6.45) is 1.92. The normalized spacial score (nSPS) is 21.2. The summed E-state index contributed by atoms with van der Waals surface area (Å²) < 4.78 is 50.1. The Kier molecular flexibility index (Phi) is 4.84. The number of amides is 1. The van der Waals surface area contributed by atoms with Crippen LogP contribution < -0.4 is 10.2 Å². The van der Waals surface area contributed by atoms with Crippen molar-refractivity contribution in [3.05, 3.63) is 42.2 Å². The Morgan fingerprint density at radius 3 is 2.62 bits per heavy atom. The molecule has 1 saturated heterocycles. The van der Waals surface area contributed by atoms with Gasteiger partial charge in [0.2, 0.25) is 5.91 Å². The van der Waals surface area contributed by atoms with E-state index in [-0.39, 0.29) is 11.3 Å². The standard InChI is InChI=1S/C19H19F3N4O2S/c1-29(28)16-8-13(4-7-23-16)25-17(27)14-9-18(5-6-18)11-26(14)15-3-2-12(10-24-15)19(20,21)22/h2-4,7-8,10,14H,5-6,9,11H2,1H3,(H,23,25,27). The van der Waals surface area contributed by atoms with Crippen molar-refractivity contribution in [1.82, 2.24) is 9.97 Å². The van der Waals surface area contributed by atoms with Gasteiger partial charge in [-0.25, -0.2) is 9.97 Å². The summed E-state index contributed by atoms with van der Waals surface area (Å²) in [5.74, 6) is 0.0847. The highest BCUT2D eigenvalue weighted by Gasteiger charge is 2.54. The van der Waals surface area contributed by atoms with Gasteiger partial charge in [-0.05, 0) is 48.9 Å². The zero-order chi connectivity index (χ0) is 20.8. The first-order chi connectivity index (χ1) is 13.7. The summed E-state index contributed by atoms with van der Waals surface area (Å²) in [6.45, 7) is 0.587. The molecule has 0 bridgehead atoms. The second-order valence-electron chi connectivity index (χ2n) is 7.58. The molecule has 2 aliphatic rings. The number of halogens is 3. The summed E-state index contributed by atoms with van der Waals surface area (Å²) in [6, 6.07) is 4.93. The molecular formula is C19H19F3N4O2S. The minimum absolute atomic E-state index is 0.0285. The van der Waals surface area contributed by atoms with Crippen LogP contribution >= 0.6 is 0 Å². The van der Waals surface area contributed by atoms with E-state index in [2.05, 4.69) is 15.3 Å². The van der Waals surface area contributed by atoms with Gasteiger partial charge in [-0.1, -0.05) is 0 Å². The average Bonchev–Trinajstić information content (AvgIpc) is 3.31. The molecule has 1 aliphatic carbocycles. The zero-order valence-corrected chi connectivity index (χ0v) is 16.4. The summed E-state index contributed by atoms with van der Waals surface area (Å²) in [4.78, 5) is 22.7. The first kappa shape index (κ1) is 19.8. The number of hydrogen-bond acceptors (Lipinski definition) is 5. The Morgan fingerprint density at radius 2 is 2.03 bits per heavy atom. The van der Waals surface area contributed by atoms with Crippen LogP contribution in [0.1, 0.15) is 24.8 Å². The van der Waals surface area contributed by atoms with Crippen molar-refractivity contribution in [2.45, 2.75) is 36.5 Å². The van der Waals surface area contributed by atoms with Gasteiger partial charge in [0, 0.05) is 30.9 Å². The van der Waals surface area contributed by atoms with Crippen LogP contribution in [0.3, 0.4) is 0 Å². The lowest BCUT2D eigenvalue weighted by molar-refractivity contribution is -0.137. The molecule has 2 aromatic heterocycles. The minimum atomic E-state index is -4.45. The largest absolute Gasteiger partial charge is 0.417 e. The van der Waals surface area contributed by atoms with Crippen LogP contribution in [0.2, 0.25) is 0 Å². The topological polar surface area (TPSA) is 75.2 Å². The summed E-state index contributed by atoms with van der Waals surface area (Å²) >= 11 is 0. The molecule has 29 heavy (non-hydrogen) atoms. The van der Waals surface area contributed by atoms with Gasteiger partial charge in [0.1, 0.15) is 16.9 Å². The van der Waals surface area contributed by atoms with Crippen molar-refractivity contribution in [1.29, 1.82) is 0 Å². The van der Waals surface area contributed by atoms with Gasteiger partial charge in [0.05, 0.1) is 16.4 Å². The maximum absolute atomic E-state index is 13.0. The number of alkyl halides is 3. The molecule has 6 nitrogen and oxygen atoms in total. The fraction of sp³-hybridized carbons (Fsp3) is 0.421. The molecule has 1 saturated carbocycles. The number of carbonyl (C=O) groups excluding carboxylic acids is 1. The van der Waals surface area contributed by atoms with Crippen molar-refractivity contribution >= 4 is 28.2 Å². The molecule has 1 N–H and O–H groups in total. The number of aromatic nitrogens is 2. The number of rotatable bonds is 4.